The van der Waals surface area contributed by atoms with E-state index in [1.807, 2.05) is 17.9 Å². The Morgan fingerprint density at radius 1 is 0.966 bits per heavy atom. The minimum Gasteiger partial charge on any atom is -0.494 e. The van der Waals surface area contributed by atoms with Crippen LogP contribution >= 0.6 is 0 Å². The largest absolute Gasteiger partial charge is 0.494 e. The summed E-state index contributed by atoms with van der Waals surface area (Å²) < 4.78 is 5.38. The fraction of sp³-hybridized carbons (Fsp3) is 0.391. The Balaban J connectivity index is 1.45. The molecule has 1 fully saturated rings. The van der Waals surface area contributed by atoms with Crippen LogP contribution in [-0.4, -0.2) is 60.9 Å². The molecule has 6 nitrogen and oxygen atoms in total. The fourth-order valence-corrected chi connectivity index (χ4v) is 3.46. The SMILES string of the molecule is CCOc1ccc(C(=O)NCC(=O)N2CCCN(Cc3ccccc3)CC2)cc1. The Labute approximate surface area is 172 Å². The standard InChI is InChI=1S/C23H29N3O3/c1-2-29-21-11-9-20(10-12-21)23(28)24-17-22(27)26-14-6-13-25(15-16-26)18-19-7-4-3-5-8-19/h3-5,7-12H,2,6,13-18H2,1H3,(H,24,28). The molecule has 2 aromatic rings. The summed E-state index contributed by atoms with van der Waals surface area (Å²) >= 11 is 0. The minimum absolute atomic E-state index is 0.0186. The van der Waals surface area contributed by atoms with E-state index in [9.17, 15) is 9.59 Å². The van der Waals surface area contributed by atoms with Gasteiger partial charge in [-0.05, 0) is 43.2 Å². The van der Waals surface area contributed by atoms with Crippen molar-refractivity contribution in [1.82, 2.24) is 15.1 Å². The summed E-state index contributed by atoms with van der Waals surface area (Å²) in [4.78, 5) is 29.1. The van der Waals surface area contributed by atoms with Crippen LogP contribution < -0.4 is 10.1 Å². The molecule has 0 spiro atoms. The number of rotatable bonds is 7. The van der Waals surface area contributed by atoms with Crippen molar-refractivity contribution in [2.75, 3.05) is 39.3 Å². The van der Waals surface area contributed by atoms with E-state index in [2.05, 4.69) is 34.5 Å². The number of nitrogens with zero attached hydrogens (tertiary/aromatic N) is 2. The number of carbonyl (C=O) groups excluding carboxylic acids is 2. The highest BCUT2D eigenvalue weighted by Crippen LogP contribution is 2.12. The van der Waals surface area contributed by atoms with Crippen LogP contribution in [0.3, 0.4) is 0 Å². The lowest BCUT2D eigenvalue weighted by Crippen LogP contribution is -2.42. The van der Waals surface area contributed by atoms with Gasteiger partial charge in [-0.3, -0.25) is 14.5 Å². The first-order valence-electron chi connectivity index (χ1n) is 10.2. The third-order valence-corrected chi connectivity index (χ3v) is 5.02. The van der Waals surface area contributed by atoms with Crippen LogP contribution in [0.15, 0.2) is 54.6 Å². The monoisotopic (exact) mass is 395 g/mol. The molecule has 1 N–H and O–H groups in total. The zero-order chi connectivity index (χ0) is 20.5. The summed E-state index contributed by atoms with van der Waals surface area (Å²) in [5.41, 5.74) is 1.81. The first-order valence-corrected chi connectivity index (χ1v) is 10.2. The van der Waals surface area contributed by atoms with Crippen LogP contribution in [0.25, 0.3) is 0 Å². The van der Waals surface area contributed by atoms with Crippen molar-refractivity contribution in [1.29, 1.82) is 0 Å². The second-order valence-corrected chi connectivity index (χ2v) is 7.14. The fourth-order valence-electron chi connectivity index (χ4n) is 3.46. The molecule has 0 atom stereocenters. The van der Waals surface area contributed by atoms with Crippen molar-refractivity contribution in [3.8, 4) is 5.75 Å². The average molecular weight is 396 g/mol. The molecule has 0 saturated carbocycles. The van der Waals surface area contributed by atoms with Crippen LogP contribution in [0.5, 0.6) is 5.75 Å². The molecule has 1 aliphatic rings. The first kappa shape index (κ1) is 20.9. The molecule has 1 heterocycles. The van der Waals surface area contributed by atoms with E-state index in [-0.39, 0.29) is 18.4 Å². The number of ether oxygens (including phenoxy) is 1. The smallest absolute Gasteiger partial charge is 0.251 e. The Morgan fingerprint density at radius 3 is 2.45 bits per heavy atom. The predicted octanol–water partition coefficient (Wildman–Crippen LogP) is 2.55. The predicted molar refractivity (Wildman–Crippen MR) is 113 cm³/mol. The lowest BCUT2D eigenvalue weighted by molar-refractivity contribution is -0.130. The lowest BCUT2D eigenvalue weighted by atomic mass is 10.2. The van der Waals surface area contributed by atoms with Crippen molar-refractivity contribution >= 4 is 11.8 Å². The number of hydrogen-bond donors (Lipinski definition) is 1. The van der Waals surface area contributed by atoms with Gasteiger partial charge in [0.1, 0.15) is 5.75 Å². The third-order valence-electron chi connectivity index (χ3n) is 5.02. The van der Waals surface area contributed by atoms with Gasteiger partial charge in [-0.15, -0.1) is 0 Å². The molecule has 0 aromatic heterocycles. The Morgan fingerprint density at radius 2 is 1.72 bits per heavy atom. The first-order chi connectivity index (χ1) is 14.2. The van der Waals surface area contributed by atoms with Crippen LogP contribution in [0.4, 0.5) is 0 Å². The Hall–Kier alpha value is -2.86. The molecular formula is C23H29N3O3. The van der Waals surface area contributed by atoms with Gasteiger partial charge in [0.05, 0.1) is 13.2 Å². The second-order valence-electron chi connectivity index (χ2n) is 7.14. The van der Waals surface area contributed by atoms with E-state index in [4.69, 9.17) is 4.74 Å². The second kappa shape index (κ2) is 10.6. The molecule has 2 amide bonds. The van der Waals surface area contributed by atoms with E-state index >= 15 is 0 Å². The summed E-state index contributed by atoms with van der Waals surface area (Å²) in [6.45, 7) is 6.63. The van der Waals surface area contributed by atoms with Gasteiger partial charge >= 0.3 is 0 Å². The molecule has 3 rings (SSSR count). The van der Waals surface area contributed by atoms with Crippen molar-refractivity contribution in [2.45, 2.75) is 19.9 Å². The van der Waals surface area contributed by atoms with Crippen molar-refractivity contribution < 1.29 is 14.3 Å². The number of amides is 2. The third kappa shape index (κ3) is 6.32. The van der Waals surface area contributed by atoms with Crippen LogP contribution in [-0.2, 0) is 11.3 Å². The molecule has 0 radical (unpaired) electrons. The molecule has 1 saturated heterocycles. The summed E-state index contributed by atoms with van der Waals surface area (Å²) in [5, 5.41) is 2.73. The molecule has 0 aliphatic carbocycles. The van der Waals surface area contributed by atoms with Gasteiger partial charge in [0, 0.05) is 38.3 Å². The molecule has 2 aromatic carbocycles. The van der Waals surface area contributed by atoms with Crippen molar-refractivity contribution in [3.63, 3.8) is 0 Å². The molecule has 0 bridgehead atoms. The number of benzene rings is 2. The normalized spacial score (nSPS) is 14.9. The van der Waals surface area contributed by atoms with Crippen LogP contribution in [0.1, 0.15) is 29.3 Å². The zero-order valence-electron chi connectivity index (χ0n) is 17.0. The van der Waals surface area contributed by atoms with E-state index in [0.29, 0.717) is 18.7 Å². The van der Waals surface area contributed by atoms with Crippen molar-refractivity contribution in [2.24, 2.45) is 0 Å². The van der Waals surface area contributed by atoms with E-state index in [0.717, 1.165) is 38.3 Å². The quantitative estimate of drug-likeness (QED) is 0.783. The van der Waals surface area contributed by atoms with Crippen LogP contribution in [0.2, 0.25) is 0 Å². The maximum atomic E-state index is 12.6. The molecule has 29 heavy (non-hydrogen) atoms. The molecular weight excluding hydrogens is 366 g/mol. The summed E-state index contributed by atoms with van der Waals surface area (Å²) in [5.74, 6) is 0.442. The van der Waals surface area contributed by atoms with Gasteiger partial charge in [-0.2, -0.15) is 0 Å². The highest BCUT2D eigenvalue weighted by atomic mass is 16.5. The summed E-state index contributed by atoms with van der Waals surface area (Å²) in [6, 6.07) is 17.3. The van der Waals surface area contributed by atoms with Crippen LogP contribution in [0, 0.1) is 0 Å². The average Bonchev–Trinajstić information content (AvgIpc) is 2.99. The van der Waals surface area contributed by atoms with Gasteiger partial charge < -0.3 is 15.0 Å². The topological polar surface area (TPSA) is 61.9 Å². The van der Waals surface area contributed by atoms with E-state index < -0.39 is 0 Å². The number of nitrogens with one attached hydrogen (secondary N) is 1. The zero-order valence-corrected chi connectivity index (χ0v) is 17.0. The number of hydrogen-bond acceptors (Lipinski definition) is 4. The molecule has 0 unspecified atom stereocenters. The van der Waals surface area contributed by atoms with Gasteiger partial charge in [-0.25, -0.2) is 0 Å². The minimum atomic E-state index is -0.248. The van der Waals surface area contributed by atoms with Gasteiger partial charge in [-0.1, -0.05) is 30.3 Å². The maximum Gasteiger partial charge on any atom is 0.251 e. The van der Waals surface area contributed by atoms with Gasteiger partial charge in [0.25, 0.3) is 5.91 Å². The van der Waals surface area contributed by atoms with Crippen molar-refractivity contribution in [3.05, 3.63) is 65.7 Å². The van der Waals surface area contributed by atoms with Gasteiger partial charge in [0.15, 0.2) is 0 Å². The Kier molecular flexibility index (Phi) is 7.64. The Bertz CT molecular complexity index is 793. The van der Waals surface area contributed by atoms with E-state index in [1.165, 1.54) is 5.56 Å². The summed E-state index contributed by atoms with van der Waals surface area (Å²) in [7, 11) is 0. The maximum absolute atomic E-state index is 12.6. The molecule has 6 heteroatoms. The molecule has 154 valence electrons. The van der Waals surface area contributed by atoms with E-state index in [1.54, 1.807) is 24.3 Å². The summed E-state index contributed by atoms with van der Waals surface area (Å²) in [6.07, 6.45) is 0.936. The number of carbonyl (C=O) groups is 2. The highest BCUT2D eigenvalue weighted by molar-refractivity contribution is 5.96. The lowest BCUT2D eigenvalue weighted by Gasteiger charge is -2.22. The highest BCUT2D eigenvalue weighted by Gasteiger charge is 2.19. The molecule has 1 aliphatic heterocycles. The van der Waals surface area contributed by atoms with Gasteiger partial charge in [0.2, 0.25) is 5.91 Å².